The van der Waals surface area contributed by atoms with Crippen LogP contribution in [0, 0.1) is 4.77 Å². The van der Waals surface area contributed by atoms with Crippen LogP contribution in [0.25, 0.3) is 11.3 Å². The topological polar surface area (TPSA) is 73.0 Å². The summed E-state index contributed by atoms with van der Waals surface area (Å²) in [7, 11) is 1.59. The number of ether oxygens (including phenoxy) is 1. The first-order valence-electron chi connectivity index (χ1n) is 5.85. The highest BCUT2D eigenvalue weighted by Gasteiger charge is 2.10. The van der Waals surface area contributed by atoms with Gasteiger partial charge in [0, 0.05) is 24.7 Å². The lowest BCUT2D eigenvalue weighted by atomic mass is 10.1. The second-order valence-corrected chi connectivity index (χ2v) is 4.35. The number of hydrogen-bond acceptors (Lipinski definition) is 4. The molecule has 0 unspecified atom stereocenters. The predicted octanol–water partition coefficient (Wildman–Crippen LogP) is 1.54. The molecule has 100 valence electrons. The van der Waals surface area contributed by atoms with Gasteiger partial charge in [0.05, 0.1) is 12.8 Å². The molecule has 2 rings (SSSR count). The lowest BCUT2D eigenvalue weighted by molar-refractivity contribution is 0.416. The van der Waals surface area contributed by atoms with Gasteiger partial charge < -0.3 is 15.0 Å². The number of aromatic amines is 1. The van der Waals surface area contributed by atoms with E-state index in [1.165, 1.54) is 6.07 Å². The summed E-state index contributed by atoms with van der Waals surface area (Å²) < 4.78 is 7.48. The molecule has 3 N–H and O–H groups in total. The fourth-order valence-corrected chi connectivity index (χ4v) is 2.24. The van der Waals surface area contributed by atoms with Crippen molar-refractivity contribution >= 4 is 12.2 Å². The fourth-order valence-electron chi connectivity index (χ4n) is 1.95. The summed E-state index contributed by atoms with van der Waals surface area (Å²) in [4.78, 5) is 14.2. The summed E-state index contributed by atoms with van der Waals surface area (Å²) in [5, 5.41) is 0. The standard InChI is InChI=1S/C13H15N3O2S/c1-18-11-5-3-2-4-9(11)10-8-12(17)15-13(19)16(10)7-6-14/h2-5,8H,6-7,14H2,1H3,(H,15,17,19). The zero-order valence-electron chi connectivity index (χ0n) is 10.6. The second-order valence-electron chi connectivity index (χ2n) is 3.96. The van der Waals surface area contributed by atoms with Crippen LogP contribution in [0.5, 0.6) is 5.75 Å². The average Bonchev–Trinajstić information content (AvgIpc) is 2.41. The maximum Gasteiger partial charge on any atom is 0.252 e. The molecule has 19 heavy (non-hydrogen) atoms. The maximum atomic E-state index is 11.6. The van der Waals surface area contributed by atoms with Crippen LogP contribution >= 0.6 is 12.2 Å². The summed E-state index contributed by atoms with van der Waals surface area (Å²) in [5.74, 6) is 0.688. The van der Waals surface area contributed by atoms with Crippen molar-refractivity contribution in [3.05, 3.63) is 45.5 Å². The van der Waals surface area contributed by atoms with E-state index in [1.54, 1.807) is 11.7 Å². The van der Waals surface area contributed by atoms with Gasteiger partial charge in [-0.1, -0.05) is 12.1 Å². The van der Waals surface area contributed by atoms with Crippen LogP contribution in [0.1, 0.15) is 0 Å². The quantitative estimate of drug-likeness (QED) is 0.831. The van der Waals surface area contributed by atoms with Crippen molar-refractivity contribution in [3.8, 4) is 17.0 Å². The lowest BCUT2D eigenvalue weighted by Crippen LogP contribution is -2.19. The molecular weight excluding hydrogens is 262 g/mol. The van der Waals surface area contributed by atoms with Crippen LogP contribution in [-0.2, 0) is 6.54 Å². The van der Waals surface area contributed by atoms with Crippen LogP contribution in [0.3, 0.4) is 0 Å². The Hall–Kier alpha value is -1.92. The van der Waals surface area contributed by atoms with Gasteiger partial charge in [-0.05, 0) is 24.4 Å². The monoisotopic (exact) mass is 277 g/mol. The highest BCUT2D eigenvalue weighted by molar-refractivity contribution is 7.71. The number of nitrogens with one attached hydrogen (secondary N) is 1. The Morgan fingerprint density at radius 2 is 2.16 bits per heavy atom. The molecule has 0 bridgehead atoms. The molecule has 0 saturated carbocycles. The molecular formula is C13H15N3O2S. The van der Waals surface area contributed by atoms with E-state index in [0.717, 1.165) is 5.56 Å². The van der Waals surface area contributed by atoms with E-state index in [2.05, 4.69) is 4.98 Å². The first-order chi connectivity index (χ1) is 9.17. The minimum atomic E-state index is -0.237. The molecule has 0 spiro atoms. The molecule has 1 heterocycles. The van der Waals surface area contributed by atoms with Crippen LogP contribution in [-0.4, -0.2) is 23.2 Å². The third-order valence-electron chi connectivity index (χ3n) is 2.77. The highest BCUT2D eigenvalue weighted by atomic mass is 32.1. The SMILES string of the molecule is COc1ccccc1-c1cc(=O)[nH]c(=S)n1CCN. The van der Waals surface area contributed by atoms with Crippen LogP contribution in [0.4, 0.5) is 0 Å². The average molecular weight is 277 g/mol. The molecule has 0 saturated heterocycles. The van der Waals surface area contributed by atoms with Crippen LogP contribution < -0.4 is 16.0 Å². The van der Waals surface area contributed by atoms with E-state index in [0.29, 0.717) is 29.3 Å². The van der Waals surface area contributed by atoms with Crippen molar-refractivity contribution in [1.29, 1.82) is 0 Å². The number of para-hydroxylation sites is 1. The highest BCUT2D eigenvalue weighted by Crippen LogP contribution is 2.28. The molecule has 0 atom stereocenters. The van der Waals surface area contributed by atoms with Crippen molar-refractivity contribution in [2.24, 2.45) is 5.73 Å². The van der Waals surface area contributed by atoms with Crippen molar-refractivity contribution in [1.82, 2.24) is 9.55 Å². The van der Waals surface area contributed by atoms with Gasteiger partial charge in [0.25, 0.3) is 5.56 Å². The van der Waals surface area contributed by atoms with Gasteiger partial charge in [0.1, 0.15) is 5.75 Å². The minimum absolute atomic E-state index is 0.237. The Labute approximate surface area is 115 Å². The van der Waals surface area contributed by atoms with Gasteiger partial charge in [-0.25, -0.2) is 0 Å². The number of benzene rings is 1. The third kappa shape index (κ3) is 2.74. The molecule has 1 aromatic carbocycles. The number of nitrogens with two attached hydrogens (primary N) is 1. The molecule has 0 aliphatic rings. The molecule has 6 heteroatoms. The molecule has 0 radical (unpaired) electrons. The fraction of sp³-hybridized carbons (Fsp3) is 0.231. The molecule has 5 nitrogen and oxygen atoms in total. The number of aromatic nitrogens is 2. The van der Waals surface area contributed by atoms with Crippen molar-refractivity contribution in [2.45, 2.75) is 6.54 Å². The van der Waals surface area contributed by atoms with Gasteiger partial charge >= 0.3 is 0 Å². The van der Waals surface area contributed by atoms with Gasteiger partial charge in [-0.3, -0.25) is 9.78 Å². The molecule has 0 fully saturated rings. The van der Waals surface area contributed by atoms with E-state index >= 15 is 0 Å². The zero-order chi connectivity index (χ0) is 13.8. The van der Waals surface area contributed by atoms with Crippen LogP contribution in [0.2, 0.25) is 0 Å². The molecule has 0 amide bonds. The van der Waals surface area contributed by atoms with Crippen LogP contribution in [0.15, 0.2) is 35.1 Å². The van der Waals surface area contributed by atoms with Gasteiger partial charge in [-0.2, -0.15) is 0 Å². The Balaban J connectivity index is 2.73. The van der Waals surface area contributed by atoms with Gasteiger partial charge in [-0.15, -0.1) is 0 Å². The van der Waals surface area contributed by atoms with Gasteiger partial charge in [0.2, 0.25) is 0 Å². The Morgan fingerprint density at radius 1 is 1.42 bits per heavy atom. The summed E-state index contributed by atoms with van der Waals surface area (Å²) in [6, 6.07) is 8.98. The second kappa shape index (κ2) is 5.81. The van der Waals surface area contributed by atoms with Gasteiger partial charge in [0.15, 0.2) is 4.77 Å². The van der Waals surface area contributed by atoms with Crippen molar-refractivity contribution < 1.29 is 4.74 Å². The number of rotatable bonds is 4. The van der Waals surface area contributed by atoms with E-state index in [4.69, 9.17) is 22.7 Å². The number of hydrogen-bond donors (Lipinski definition) is 2. The largest absolute Gasteiger partial charge is 0.496 e. The predicted molar refractivity (Wildman–Crippen MR) is 76.9 cm³/mol. The molecule has 2 aromatic rings. The zero-order valence-corrected chi connectivity index (χ0v) is 11.4. The van der Waals surface area contributed by atoms with E-state index < -0.39 is 0 Å². The maximum absolute atomic E-state index is 11.6. The summed E-state index contributed by atoms with van der Waals surface area (Å²) in [6.45, 7) is 0.964. The minimum Gasteiger partial charge on any atom is -0.496 e. The molecule has 0 aliphatic carbocycles. The lowest BCUT2D eigenvalue weighted by Gasteiger charge is -2.14. The number of methoxy groups -OCH3 is 1. The van der Waals surface area contributed by atoms with E-state index in [-0.39, 0.29) is 5.56 Å². The Morgan fingerprint density at radius 3 is 2.84 bits per heavy atom. The normalized spacial score (nSPS) is 10.4. The first kappa shape index (κ1) is 13.5. The Kier molecular flexibility index (Phi) is 4.13. The number of nitrogens with zero attached hydrogens (tertiary/aromatic N) is 1. The van der Waals surface area contributed by atoms with Crippen molar-refractivity contribution in [2.75, 3.05) is 13.7 Å². The third-order valence-corrected chi connectivity index (χ3v) is 3.09. The molecule has 0 aliphatic heterocycles. The summed E-state index contributed by atoms with van der Waals surface area (Å²) >= 11 is 5.18. The van der Waals surface area contributed by atoms with Crippen molar-refractivity contribution in [3.63, 3.8) is 0 Å². The summed E-state index contributed by atoms with van der Waals surface area (Å²) in [6.07, 6.45) is 0. The number of H-pyrrole nitrogens is 1. The Bertz CT molecular complexity index is 691. The summed E-state index contributed by atoms with van der Waals surface area (Å²) in [5.41, 5.74) is 6.88. The first-order valence-corrected chi connectivity index (χ1v) is 6.26. The molecule has 1 aromatic heterocycles. The van der Waals surface area contributed by atoms with E-state index in [9.17, 15) is 4.79 Å². The smallest absolute Gasteiger partial charge is 0.252 e. The van der Waals surface area contributed by atoms with E-state index in [1.807, 2.05) is 24.3 Å².